The van der Waals surface area contributed by atoms with Crippen LogP contribution in [0.5, 0.6) is 5.75 Å². The van der Waals surface area contributed by atoms with E-state index in [9.17, 15) is 13.2 Å². The van der Waals surface area contributed by atoms with Gasteiger partial charge in [-0.2, -0.15) is 0 Å². The summed E-state index contributed by atoms with van der Waals surface area (Å²) >= 11 is 5.86. The second-order valence-electron chi connectivity index (χ2n) is 8.39. The lowest BCUT2D eigenvalue weighted by atomic mass is 10.00. The van der Waals surface area contributed by atoms with Gasteiger partial charge in [0.2, 0.25) is 5.03 Å². The number of primary sulfonamides is 1. The van der Waals surface area contributed by atoms with Crippen LogP contribution in [0.4, 0.5) is 0 Å². The van der Waals surface area contributed by atoms with E-state index in [2.05, 4.69) is 9.97 Å². The highest BCUT2D eigenvalue weighted by molar-refractivity contribution is 7.89. The molecule has 0 amide bonds. The van der Waals surface area contributed by atoms with Gasteiger partial charge in [0.05, 0.1) is 11.6 Å². The molecule has 0 saturated carbocycles. The number of hydrogen-bond acceptors (Lipinski definition) is 8. The third-order valence-electron chi connectivity index (χ3n) is 5.76. The number of halogens is 1. The summed E-state index contributed by atoms with van der Waals surface area (Å²) in [7, 11) is -4.21. The van der Waals surface area contributed by atoms with E-state index in [0.29, 0.717) is 44.5 Å². The maximum atomic E-state index is 13.4. The highest BCUT2D eigenvalue weighted by Crippen LogP contribution is 2.34. The van der Waals surface area contributed by atoms with Crippen LogP contribution in [0, 0.1) is 13.8 Å². The number of furan rings is 1. The summed E-state index contributed by atoms with van der Waals surface area (Å²) in [5, 5.41) is 5.14. The van der Waals surface area contributed by atoms with Gasteiger partial charge in [-0.05, 0) is 56.7 Å². The highest BCUT2D eigenvalue weighted by atomic mass is 35.5. The van der Waals surface area contributed by atoms with Gasteiger partial charge >= 0.3 is 0 Å². The Morgan fingerprint density at radius 1 is 1.14 bits per heavy atom. The monoisotopic (exact) mass is 525 g/mol. The lowest BCUT2D eigenvalue weighted by Crippen LogP contribution is -2.17. The van der Waals surface area contributed by atoms with E-state index in [1.807, 2.05) is 13.0 Å². The Labute approximate surface area is 210 Å². The van der Waals surface area contributed by atoms with Crippen molar-refractivity contribution in [3.8, 4) is 17.1 Å². The minimum atomic E-state index is -4.21. The van der Waals surface area contributed by atoms with Crippen LogP contribution >= 0.6 is 11.6 Å². The first-order valence-corrected chi connectivity index (χ1v) is 12.7. The van der Waals surface area contributed by atoms with Crippen molar-refractivity contribution in [1.82, 2.24) is 9.97 Å². The predicted octanol–water partition coefficient (Wildman–Crippen LogP) is 5.05. The summed E-state index contributed by atoms with van der Waals surface area (Å²) in [6, 6.07) is 9.81. The van der Waals surface area contributed by atoms with E-state index in [1.165, 1.54) is 18.4 Å². The van der Waals surface area contributed by atoms with E-state index in [1.54, 1.807) is 38.2 Å². The normalized spacial score (nSPS) is 12.8. The number of rotatable bonds is 5. The first kappa shape index (κ1) is 24.0. The van der Waals surface area contributed by atoms with Crippen molar-refractivity contribution in [1.29, 1.82) is 0 Å². The molecule has 36 heavy (non-hydrogen) atoms. The molecule has 9 nitrogen and oxygen atoms in total. The molecule has 0 aliphatic heterocycles. The number of fused-ring (bicyclic) bond motifs is 2. The maximum Gasteiger partial charge on any atom is 0.259 e. The minimum absolute atomic E-state index is 0.0479. The molecule has 0 saturated heterocycles. The summed E-state index contributed by atoms with van der Waals surface area (Å²) in [5.74, 6) is 0.264. The summed E-state index contributed by atoms with van der Waals surface area (Å²) in [4.78, 5) is 21.6. The second-order valence-corrected chi connectivity index (χ2v) is 10.3. The van der Waals surface area contributed by atoms with Gasteiger partial charge in [-0.15, -0.1) is 0 Å². The molecule has 5 aromatic rings. The highest BCUT2D eigenvalue weighted by Gasteiger charge is 2.24. The molecule has 184 valence electrons. The van der Waals surface area contributed by atoms with Gasteiger partial charge in [0, 0.05) is 29.0 Å². The first-order chi connectivity index (χ1) is 17.0. The molecule has 1 aromatic carbocycles. The average molecular weight is 526 g/mol. The van der Waals surface area contributed by atoms with E-state index >= 15 is 0 Å². The fourth-order valence-electron chi connectivity index (χ4n) is 4.07. The molecule has 1 atom stereocenters. The van der Waals surface area contributed by atoms with Crippen LogP contribution in [0.15, 0.2) is 67.5 Å². The molecular formula is C25H20ClN3O6S. The number of pyridine rings is 2. The van der Waals surface area contributed by atoms with Gasteiger partial charge < -0.3 is 13.6 Å². The van der Waals surface area contributed by atoms with Crippen LogP contribution in [0.2, 0.25) is 5.15 Å². The summed E-state index contributed by atoms with van der Waals surface area (Å²) < 4.78 is 41.8. The van der Waals surface area contributed by atoms with E-state index in [0.717, 1.165) is 5.56 Å². The molecule has 0 aliphatic rings. The third-order valence-corrected chi connectivity index (χ3v) is 6.80. The fraction of sp³-hybridized carbons (Fsp3) is 0.160. The van der Waals surface area contributed by atoms with Gasteiger partial charge in [0.25, 0.3) is 10.0 Å². The van der Waals surface area contributed by atoms with Crippen LogP contribution in [0.3, 0.4) is 0 Å². The van der Waals surface area contributed by atoms with Crippen molar-refractivity contribution < 1.29 is 22.0 Å². The Morgan fingerprint density at radius 2 is 1.92 bits per heavy atom. The second kappa shape index (κ2) is 8.74. The molecule has 0 spiro atoms. The lowest BCUT2D eigenvalue weighted by molar-refractivity contribution is 0.219. The van der Waals surface area contributed by atoms with E-state index < -0.39 is 21.2 Å². The Balaban J connectivity index is 1.68. The zero-order chi connectivity index (χ0) is 25.8. The number of aromatic nitrogens is 2. The maximum absolute atomic E-state index is 13.4. The number of benzene rings is 1. The Morgan fingerprint density at radius 3 is 2.67 bits per heavy atom. The number of hydrogen-bond donors (Lipinski definition) is 1. The summed E-state index contributed by atoms with van der Waals surface area (Å²) in [6.07, 6.45) is 2.40. The molecule has 4 aromatic heterocycles. The third kappa shape index (κ3) is 4.23. The molecule has 0 aliphatic carbocycles. The standard InChI is InChI=1S/C25H20ClN3O6S/c1-12-8-16(14(3)34-19-4-5-21(26)29-25(19)36(27,31)32)24-17(9-12)22(30)13(2)23(35-24)15-10-20-18(28-11-15)6-7-33-20/h4-11,14H,1-3H3,(H2,27,31,32). The van der Waals surface area contributed by atoms with Gasteiger partial charge in [-0.3, -0.25) is 9.78 Å². The molecule has 0 fully saturated rings. The van der Waals surface area contributed by atoms with Gasteiger partial charge in [0.1, 0.15) is 28.1 Å². The average Bonchev–Trinajstić information content (AvgIpc) is 3.29. The summed E-state index contributed by atoms with van der Waals surface area (Å²) in [6.45, 7) is 5.23. The van der Waals surface area contributed by atoms with Gasteiger partial charge in [-0.25, -0.2) is 18.5 Å². The van der Waals surface area contributed by atoms with E-state index in [4.69, 9.17) is 30.3 Å². The Bertz CT molecular complexity index is 1830. The Kier molecular flexibility index (Phi) is 5.82. The summed E-state index contributed by atoms with van der Waals surface area (Å²) in [5.41, 5.74) is 3.66. The van der Waals surface area contributed by atoms with Gasteiger partial charge in [-0.1, -0.05) is 11.6 Å². The smallest absolute Gasteiger partial charge is 0.259 e. The molecular weight excluding hydrogens is 506 g/mol. The van der Waals surface area contributed by atoms with Crippen LogP contribution in [-0.2, 0) is 10.0 Å². The SMILES string of the molecule is Cc1cc(C(C)Oc2ccc(Cl)nc2S(N)(=O)=O)c2oc(-c3cnc4ccoc4c3)c(C)c(=O)c2c1. The van der Waals surface area contributed by atoms with Crippen molar-refractivity contribution in [3.05, 3.63) is 80.9 Å². The van der Waals surface area contributed by atoms with Gasteiger partial charge in [0.15, 0.2) is 16.8 Å². The topological polar surface area (TPSA) is 139 Å². The van der Waals surface area contributed by atoms with E-state index in [-0.39, 0.29) is 16.3 Å². The lowest BCUT2D eigenvalue weighted by Gasteiger charge is -2.19. The van der Waals surface area contributed by atoms with Crippen molar-refractivity contribution in [2.24, 2.45) is 5.14 Å². The van der Waals surface area contributed by atoms with Crippen LogP contribution in [-0.4, -0.2) is 18.4 Å². The van der Waals surface area contributed by atoms with Crippen molar-refractivity contribution in [2.45, 2.75) is 31.9 Å². The number of nitrogens with two attached hydrogens (primary N) is 1. The van der Waals surface area contributed by atoms with Crippen molar-refractivity contribution >= 4 is 43.7 Å². The Hall–Kier alpha value is -3.73. The number of nitrogens with zero attached hydrogens (tertiary/aromatic N) is 2. The van der Waals surface area contributed by atoms with Crippen LogP contribution < -0.4 is 15.3 Å². The number of sulfonamides is 1. The molecule has 4 heterocycles. The van der Waals surface area contributed by atoms with Crippen molar-refractivity contribution in [2.75, 3.05) is 0 Å². The van der Waals surface area contributed by atoms with Crippen molar-refractivity contribution in [3.63, 3.8) is 0 Å². The number of ether oxygens (including phenoxy) is 1. The molecule has 1 unspecified atom stereocenters. The molecule has 11 heteroatoms. The van der Waals surface area contributed by atoms with Crippen LogP contribution in [0.25, 0.3) is 33.4 Å². The fourth-order valence-corrected chi connectivity index (χ4v) is 4.89. The molecule has 0 radical (unpaired) electrons. The quantitative estimate of drug-likeness (QED) is 0.314. The largest absolute Gasteiger partial charge is 0.483 e. The minimum Gasteiger partial charge on any atom is -0.483 e. The van der Waals surface area contributed by atoms with Crippen LogP contribution in [0.1, 0.15) is 29.7 Å². The molecule has 0 bridgehead atoms. The zero-order valence-electron chi connectivity index (χ0n) is 19.4. The first-order valence-electron chi connectivity index (χ1n) is 10.8. The number of aryl methyl sites for hydroxylation is 1. The predicted molar refractivity (Wildman–Crippen MR) is 135 cm³/mol. The molecule has 2 N–H and O–H groups in total. The zero-order valence-corrected chi connectivity index (χ0v) is 21.0. The molecule has 5 rings (SSSR count).